The van der Waals surface area contributed by atoms with Crippen LogP contribution < -0.4 is 11.1 Å². The molecule has 0 radical (unpaired) electrons. The molecule has 2 bridgehead atoms. The van der Waals surface area contributed by atoms with Crippen molar-refractivity contribution >= 4 is 17.3 Å². The fourth-order valence-corrected chi connectivity index (χ4v) is 3.55. The van der Waals surface area contributed by atoms with E-state index in [1.807, 2.05) is 31.2 Å². The van der Waals surface area contributed by atoms with Crippen molar-refractivity contribution in [3.05, 3.63) is 36.0 Å². The number of anilines is 2. The Morgan fingerprint density at radius 2 is 2.05 bits per heavy atom. The van der Waals surface area contributed by atoms with Crippen molar-refractivity contribution in [2.75, 3.05) is 11.1 Å². The lowest BCUT2D eigenvalue weighted by Gasteiger charge is -2.45. The topological polar surface area (TPSA) is 64.3 Å². The Hall–Kier alpha value is -1.97. The molecule has 21 heavy (non-hydrogen) atoms. The molecular weight excluding hydrogens is 264 g/mol. The van der Waals surface area contributed by atoms with Gasteiger partial charge in [-0.15, -0.1) is 0 Å². The van der Waals surface area contributed by atoms with Gasteiger partial charge in [0, 0.05) is 17.5 Å². The monoisotopic (exact) mass is 286 g/mol. The van der Waals surface area contributed by atoms with Gasteiger partial charge in [-0.05, 0) is 31.9 Å². The maximum absolute atomic E-state index is 12.3. The Labute approximate surface area is 125 Å². The quantitative estimate of drug-likeness (QED) is 0.497. The normalized spacial score (nSPS) is 32.0. The van der Waals surface area contributed by atoms with E-state index in [1.54, 1.807) is 6.20 Å². The van der Waals surface area contributed by atoms with Crippen LogP contribution in [0.15, 0.2) is 36.0 Å². The molecule has 0 unspecified atom stereocenters. The zero-order valence-corrected chi connectivity index (χ0v) is 12.8. The van der Waals surface area contributed by atoms with Gasteiger partial charge in [-0.2, -0.15) is 0 Å². The average molecular weight is 286 g/mol. The summed E-state index contributed by atoms with van der Waals surface area (Å²) in [6, 6.07) is 7.52. The van der Waals surface area contributed by atoms with Crippen LogP contribution in [0.2, 0.25) is 0 Å². The average Bonchev–Trinajstić information content (AvgIpc) is 2.56. The lowest BCUT2D eigenvalue weighted by molar-refractivity contribution is -0.172. The number of benzene rings is 1. The highest BCUT2D eigenvalue weighted by molar-refractivity contribution is 5.91. The molecule has 1 aliphatic carbocycles. The highest BCUT2D eigenvalue weighted by Gasteiger charge is 2.60. The van der Waals surface area contributed by atoms with Crippen molar-refractivity contribution in [1.82, 2.24) is 0 Å². The van der Waals surface area contributed by atoms with Crippen LogP contribution in [0.5, 0.6) is 0 Å². The number of nitrogens with two attached hydrogens (primary N) is 1. The van der Waals surface area contributed by atoms with Crippen LogP contribution in [0.4, 0.5) is 11.4 Å². The second-order valence-corrected chi connectivity index (χ2v) is 6.76. The molecule has 2 aliphatic rings. The smallest absolute Gasteiger partial charge is 0.336 e. The number of nitrogen functional groups attached to an aromatic ring is 1. The van der Waals surface area contributed by atoms with Crippen molar-refractivity contribution in [1.29, 1.82) is 0 Å². The van der Waals surface area contributed by atoms with Gasteiger partial charge in [0.2, 0.25) is 0 Å². The number of hydrogen-bond acceptors (Lipinski definition) is 4. The standard InChI is InChI=1S/C17H22N2O2/c1-16(2)12-8-9-17(16,3)21-15(20)11(12)10-19-14-7-5-4-6-13(14)18/h4-7,10,12,19H,8-9,18H2,1-3H3/b11-10-/t12-,17-/m1/s1. The molecule has 1 aliphatic heterocycles. The summed E-state index contributed by atoms with van der Waals surface area (Å²) in [7, 11) is 0. The molecule has 0 spiro atoms. The lowest BCUT2D eigenvalue weighted by atomic mass is 9.69. The number of ether oxygens (including phenoxy) is 1. The minimum atomic E-state index is -0.349. The summed E-state index contributed by atoms with van der Waals surface area (Å²) in [6.45, 7) is 6.41. The van der Waals surface area contributed by atoms with Crippen molar-refractivity contribution in [2.24, 2.45) is 11.3 Å². The zero-order chi connectivity index (χ0) is 15.3. The van der Waals surface area contributed by atoms with Crippen LogP contribution in [0, 0.1) is 11.3 Å². The van der Waals surface area contributed by atoms with E-state index in [4.69, 9.17) is 10.5 Å². The summed E-state index contributed by atoms with van der Waals surface area (Å²) in [6.07, 6.45) is 3.67. The van der Waals surface area contributed by atoms with Crippen LogP contribution in [0.25, 0.3) is 0 Å². The maximum Gasteiger partial charge on any atom is 0.336 e. The van der Waals surface area contributed by atoms with Gasteiger partial charge >= 0.3 is 5.97 Å². The molecule has 0 aromatic heterocycles. The van der Waals surface area contributed by atoms with E-state index >= 15 is 0 Å². The molecule has 0 amide bonds. The Kier molecular flexibility index (Phi) is 3.01. The van der Waals surface area contributed by atoms with Gasteiger partial charge in [0.05, 0.1) is 16.9 Å². The van der Waals surface area contributed by atoms with Crippen LogP contribution in [-0.2, 0) is 9.53 Å². The highest BCUT2D eigenvalue weighted by atomic mass is 16.6. The Balaban J connectivity index is 1.90. The third-order valence-electron chi connectivity index (χ3n) is 5.42. The number of fused-ring (bicyclic) bond motifs is 2. The molecule has 112 valence electrons. The zero-order valence-electron chi connectivity index (χ0n) is 12.8. The van der Waals surface area contributed by atoms with Crippen LogP contribution in [0.3, 0.4) is 0 Å². The lowest BCUT2D eigenvalue weighted by Crippen LogP contribution is -2.49. The van der Waals surface area contributed by atoms with Gasteiger partial charge in [0.25, 0.3) is 0 Å². The second kappa shape index (κ2) is 4.52. The summed E-state index contributed by atoms with van der Waals surface area (Å²) >= 11 is 0. The van der Waals surface area contributed by atoms with Crippen molar-refractivity contribution in [3.63, 3.8) is 0 Å². The number of esters is 1. The summed E-state index contributed by atoms with van der Waals surface area (Å²) in [5.41, 5.74) is 7.71. The molecule has 1 aromatic rings. The molecule has 1 heterocycles. The van der Waals surface area contributed by atoms with Gasteiger partial charge in [-0.25, -0.2) is 4.79 Å². The first-order chi connectivity index (χ1) is 9.85. The van der Waals surface area contributed by atoms with E-state index in [2.05, 4.69) is 19.2 Å². The molecule has 4 heteroatoms. The molecule has 1 aromatic carbocycles. The number of para-hydroxylation sites is 2. The van der Waals surface area contributed by atoms with Crippen molar-refractivity contribution in [3.8, 4) is 0 Å². The largest absolute Gasteiger partial charge is 0.455 e. The fourth-order valence-electron chi connectivity index (χ4n) is 3.55. The third-order valence-corrected chi connectivity index (χ3v) is 5.42. The van der Waals surface area contributed by atoms with Crippen molar-refractivity contribution < 1.29 is 9.53 Å². The van der Waals surface area contributed by atoms with Crippen LogP contribution in [0.1, 0.15) is 33.6 Å². The molecule has 2 fully saturated rings. The minimum Gasteiger partial charge on any atom is -0.455 e. The van der Waals surface area contributed by atoms with E-state index in [0.29, 0.717) is 5.69 Å². The fraction of sp³-hybridized carbons (Fsp3) is 0.471. The van der Waals surface area contributed by atoms with Crippen LogP contribution in [-0.4, -0.2) is 11.6 Å². The first-order valence-corrected chi connectivity index (χ1v) is 7.39. The molecule has 4 nitrogen and oxygen atoms in total. The van der Waals surface area contributed by atoms with Gasteiger partial charge < -0.3 is 15.8 Å². The van der Waals surface area contributed by atoms with Crippen LogP contribution >= 0.6 is 0 Å². The summed E-state index contributed by atoms with van der Waals surface area (Å²) < 4.78 is 5.73. The first kappa shape index (κ1) is 14.0. The number of rotatable bonds is 2. The second-order valence-electron chi connectivity index (χ2n) is 6.76. The van der Waals surface area contributed by atoms with E-state index < -0.39 is 0 Å². The van der Waals surface area contributed by atoms with Crippen molar-refractivity contribution in [2.45, 2.75) is 39.2 Å². The Morgan fingerprint density at radius 1 is 1.33 bits per heavy atom. The summed E-state index contributed by atoms with van der Waals surface area (Å²) in [5.74, 6) is 0.0162. The van der Waals surface area contributed by atoms with Gasteiger partial charge in [0.1, 0.15) is 5.60 Å². The minimum absolute atomic E-state index is 0.0450. The molecule has 2 atom stereocenters. The third kappa shape index (κ3) is 2.01. The van der Waals surface area contributed by atoms with Gasteiger partial charge in [-0.3, -0.25) is 0 Å². The SMILES string of the molecule is CC1(C)[C@@H]2CC[C@@]1(C)OC(=O)/C2=C\Nc1ccccc1N. The maximum atomic E-state index is 12.3. The highest BCUT2D eigenvalue weighted by Crippen LogP contribution is 2.58. The first-order valence-electron chi connectivity index (χ1n) is 7.39. The number of nitrogens with one attached hydrogen (secondary N) is 1. The van der Waals surface area contributed by atoms with E-state index in [1.165, 1.54) is 0 Å². The molecule has 3 N–H and O–H groups in total. The molecular formula is C17H22N2O2. The van der Waals surface area contributed by atoms with E-state index in [9.17, 15) is 4.79 Å². The predicted octanol–water partition coefficient (Wildman–Crippen LogP) is 3.32. The predicted molar refractivity (Wildman–Crippen MR) is 83.6 cm³/mol. The number of carbonyl (C=O) groups excluding carboxylic acids is 1. The number of hydrogen-bond donors (Lipinski definition) is 2. The Bertz CT molecular complexity index is 621. The van der Waals surface area contributed by atoms with E-state index in [0.717, 1.165) is 24.1 Å². The summed E-state index contributed by atoms with van der Waals surface area (Å²) in [5, 5.41) is 3.16. The van der Waals surface area contributed by atoms with E-state index in [-0.39, 0.29) is 22.9 Å². The number of carbonyl (C=O) groups is 1. The van der Waals surface area contributed by atoms with Gasteiger partial charge in [-0.1, -0.05) is 26.0 Å². The molecule has 1 saturated heterocycles. The van der Waals surface area contributed by atoms with Gasteiger partial charge in [0.15, 0.2) is 0 Å². The summed E-state index contributed by atoms with van der Waals surface area (Å²) in [4.78, 5) is 12.3. The molecule has 3 rings (SSSR count). The molecule has 1 saturated carbocycles. The Morgan fingerprint density at radius 3 is 2.76 bits per heavy atom.